The number of ether oxygens (including phenoxy) is 2. The lowest BCUT2D eigenvalue weighted by Gasteiger charge is -2.06. The molecule has 6 heteroatoms. The Morgan fingerprint density at radius 3 is 1.56 bits per heavy atom. The lowest BCUT2D eigenvalue weighted by molar-refractivity contribution is -0.148. The third-order valence-corrected chi connectivity index (χ3v) is 4.27. The average Bonchev–Trinajstić information content (AvgIpc) is 2.78. The van der Waals surface area contributed by atoms with E-state index >= 15 is 0 Å². The van der Waals surface area contributed by atoms with Crippen molar-refractivity contribution in [2.24, 2.45) is 17.8 Å². The zero-order valence-corrected chi connectivity index (χ0v) is 20.8. The summed E-state index contributed by atoms with van der Waals surface area (Å²) in [5.74, 6) is -0.143. The maximum atomic E-state index is 11.4. The monoisotopic (exact) mass is 494 g/mol. The van der Waals surface area contributed by atoms with Gasteiger partial charge in [0, 0.05) is 16.5 Å². The van der Waals surface area contributed by atoms with Crippen LogP contribution in [0.2, 0.25) is 5.02 Å². The van der Waals surface area contributed by atoms with Crippen LogP contribution in [0.25, 0.3) is 0 Å². The number of carbonyl (C=O) groups is 3. The van der Waals surface area contributed by atoms with Gasteiger partial charge in [0.1, 0.15) is 6.61 Å². The smallest absolute Gasteiger partial charge is 0.308 e. The summed E-state index contributed by atoms with van der Waals surface area (Å²) >= 11 is 5.68. The zero-order valence-electron chi connectivity index (χ0n) is 20.1. The van der Waals surface area contributed by atoms with Crippen molar-refractivity contribution < 1.29 is 23.9 Å². The van der Waals surface area contributed by atoms with Gasteiger partial charge in [-0.25, -0.2) is 0 Å². The van der Waals surface area contributed by atoms with Gasteiger partial charge in [-0.05, 0) is 29.8 Å². The van der Waals surface area contributed by atoms with E-state index < -0.39 is 0 Å². The summed E-state index contributed by atoms with van der Waals surface area (Å²) in [6, 6.07) is 16.6. The Labute approximate surface area is 211 Å². The number of rotatable bonds is 6. The van der Waals surface area contributed by atoms with Crippen molar-refractivity contribution in [2.45, 2.75) is 63.0 Å². The molecule has 0 N–H and O–H groups in total. The Balaban J connectivity index is -0.000000430. The summed E-state index contributed by atoms with van der Waals surface area (Å²) in [6.45, 7) is 11.4. The Morgan fingerprint density at radius 1 is 0.735 bits per heavy atom. The van der Waals surface area contributed by atoms with Crippen molar-refractivity contribution in [3.8, 4) is 0 Å². The number of Topliss-reactive ketones (excluding diaryl/α,β-unsaturated/α-hetero) is 1. The van der Waals surface area contributed by atoms with Gasteiger partial charge in [-0.1, -0.05) is 98.3 Å². The molecule has 0 heterocycles. The van der Waals surface area contributed by atoms with Crippen LogP contribution in [0.3, 0.4) is 0 Å². The predicted molar refractivity (Wildman–Crippen MR) is 142 cm³/mol. The minimum Gasteiger partial charge on any atom is -0.469 e. The predicted octanol–water partition coefficient (Wildman–Crippen LogP) is 7.65. The van der Waals surface area contributed by atoms with Crippen molar-refractivity contribution in [1.82, 2.24) is 0 Å². The van der Waals surface area contributed by atoms with E-state index in [0.717, 1.165) is 11.1 Å². The van der Waals surface area contributed by atoms with Gasteiger partial charge in [0.2, 0.25) is 0 Å². The van der Waals surface area contributed by atoms with Gasteiger partial charge < -0.3 is 9.47 Å². The molecule has 0 unspecified atom stereocenters. The zero-order chi connectivity index (χ0) is 24.7. The van der Waals surface area contributed by atoms with Gasteiger partial charge in [-0.2, -0.15) is 0 Å². The largest absolute Gasteiger partial charge is 0.469 e. The summed E-state index contributed by atoms with van der Waals surface area (Å²) in [5, 5.41) is 0.662. The van der Waals surface area contributed by atoms with Crippen molar-refractivity contribution in [1.29, 1.82) is 0 Å². The number of carbonyl (C=O) groups excluding carboxylic acids is 3. The molecule has 0 aromatic heterocycles. The summed E-state index contributed by atoms with van der Waals surface area (Å²) < 4.78 is 9.42. The van der Waals surface area contributed by atoms with Crippen LogP contribution in [0, 0.1) is 17.8 Å². The Morgan fingerprint density at radius 2 is 1.21 bits per heavy atom. The van der Waals surface area contributed by atoms with Gasteiger partial charge in [0.15, 0.2) is 5.78 Å². The van der Waals surface area contributed by atoms with Crippen molar-refractivity contribution in [3.05, 3.63) is 70.7 Å². The van der Waals surface area contributed by atoms with E-state index in [2.05, 4.69) is 4.74 Å². The molecular weight excluding hydrogens is 452 g/mol. The molecule has 0 bridgehead atoms. The lowest BCUT2D eigenvalue weighted by Crippen LogP contribution is -2.11. The summed E-state index contributed by atoms with van der Waals surface area (Å²) in [7, 11) is 1.39. The summed E-state index contributed by atoms with van der Waals surface area (Å²) in [5.41, 5.74) is 1.76. The fourth-order valence-corrected chi connectivity index (χ4v) is 2.20. The van der Waals surface area contributed by atoms with Gasteiger partial charge in [0.25, 0.3) is 0 Å². The van der Waals surface area contributed by atoms with Crippen LogP contribution in [0.1, 0.15) is 72.3 Å². The van der Waals surface area contributed by atoms with Gasteiger partial charge >= 0.3 is 11.9 Å². The SMILES string of the molecule is C.C.CC(C)C(=O)OCc1ccccc1.CC(C)C(=O)c1ccc(Cl)cc1.COC(=O)C(C)C. The lowest BCUT2D eigenvalue weighted by atomic mass is 10.0. The molecule has 0 aliphatic carbocycles. The fraction of sp³-hybridized carbons (Fsp3) is 0.464. The quantitative estimate of drug-likeness (QED) is 0.304. The third kappa shape index (κ3) is 16.0. The standard InChI is InChI=1S/C11H14O2.C10H11ClO.C5H10O2.2CH4/c1-9(2)11(12)13-8-10-6-4-3-5-7-10;1-7(2)10(12)8-3-5-9(11)6-4-8;1-4(2)5(6)7-3;;/h3-7,9H,8H2,1-2H3;3-7H,1-2H3;4H,1-3H3;2*1H4. The molecule has 0 radical (unpaired) electrons. The van der Waals surface area contributed by atoms with Crippen LogP contribution in [-0.2, 0) is 25.7 Å². The number of hydrogen-bond acceptors (Lipinski definition) is 5. The molecule has 2 rings (SSSR count). The van der Waals surface area contributed by atoms with E-state index in [-0.39, 0.29) is 50.3 Å². The van der Waals surface area contributed by atoms with E-state index in [1.807, 2.05) is 58.0 Å². The number of ketones is 1. The van der Waals surface area contributed by atoms with E-state index in [4.69, 9.17) is 16.3 Å². The number of hydrogen-bond donors (Lipinski definition) is 0. The molecule has 5 nitrogen and oxygen atoms in total. The molecule has 2 aromatic rings. The second-order valence-corrected chi connectivity index (χ2v) is 8.39. The van der Waals surface area contributed by atoms with Crippen LogP contribution in [0.4, 0.5) is 0 Å². The molecule has 0 saturated carbocycles. The Bertz CT molecular complexity index is 812. The minimum absolute atomic E-state index is 0. The first-order chi connectivity index (χ1) is 15.0. The molecule has 0 aliphatic heterocycles. The van der Waals surface area contributed by atoms with Gasteiger partial charge in [-0.15, -0.1) is 0 Å². The van der Waals surface area contributed by atoms with Crippen LogP contribution in [0.15, 0.2) is 54.6 Å². The van der Waals surface area contributed by atoms with Crippen molar-refractivity contribution in [2.75, 3.05) is 7.11 Å². The second-order valence-electron chi connectivity index (χ2n) is 7.95. The van der Waals surface area contributed by atoms with Crippen molar-refractivity contribution >= 4 is 29.3 Å². The van der Waals surface area contributed by atoms with E-state index in [1.165, 1.54) is 7.11 Å². The topological polar surface area (TPSA) is 69.7 Å². The Kier molecular flexibility index (Phi) is 20.9. The molecule has 0 amide bonds. The van der Waals surface area contributed by atoms with E-state index in [9.17, 15) is 14.4 Å². The van der Waals surface area contributed by atoms with Gasteiger partial charge in [0.05, 0.1) is 18.9 Å². The highest BCUT2D eigenvalue weighted by molar-refractivity contribution is 6.30. The maximum absolute atomic E-state index is 11.4. The van der Waals surface area contributed by atoms with Gasteiger partial charge in [-0.3, -0.25) is 14.4 Å². The number of methoxy groups -OCH3 is 1. The van der Waals surface area contributed by atoms with E-state index in [0.29, 0.717) is 11.6 Å². The second kappa shape index (κ2) is 19.8. The third-order valence-electron chi connectivity index (χ3n) is 4.02. The molecule has 0 fully saturated rings. The number of halogens is 1. The van der Waals surface area contributed by atoms with Crippen LogP contribution in [0.5, 0.6) is 0 Å². The highest BCUT2D eigenvalue weighted by Crippen LogP contribution is 2.12. The number of benzene rings is 2. The molecule has 0 saturated heterocycles. The summed E-state index contributed by atoms with van der Waals surface area (Å²) in [6.07, 6.45) is 0. The highest BCUT2D eigenvalue weighted by atomic mass is 35.5. The highest BCUT2D eigenvalue weighted by Gasteiger charge is 2.09. The molecule has 0 atom stereocenters. The summed E-state index contributed by atoms with van der Waals surface area (Å²) in [4.78, 5) is 32.8. The molecule has 0 aliphatic rings. The fourth-order valence-electron chi connectivity index (χ4n) is 2.08. The first-order valence-electron chi connectivity index (χ1n) is 10.6. The molecule has 34 heavy (non-hydrogen) atoms. The molecular formula is C28H43ClO5. The Hall–Kier alpha value is -2.66. The molecule has 0 spiro atoms. The minimum atomic E-state index is -0.153. The molecule has 2 aromatic carbocycles. The first kappa shape index (κ1) is 35.9. The van der Waals surface area contributed by atoms with Crippen LogP contribution < -0.4 is 0 Å². The maximum Gasteiger partial charge on any atom is 0.308 e. The molecule has 192 valence electrons. The van der Waals surface area contributed by atoms with Crippen molar-refractivity contribution in [3.63, 3.8) is 0 Å². The van der Waals surface area contributed by atoms with Crippen LogP contribution in [-0.4, -0.2) is 24.8 Å². The normalized spacial score (nSPS) is 9.38. The number of esters is 2. The first-order valence-corrected chi connectivity index (χ1v) is 11.0. The average molecular weight is 495 g/mol. The van der Waals surface area contributed by atoms with E-state index in [1.54, 1.807) is 38.1 Å². The van der Waals surface area contributed by atoms with Crippen LogP contribution >= 0.6 is 11.6 Å².